The molecule has 1 aromatic heterocycles. The summed E-state index contributed by atoms with van der Waals surface area (Å²) in [5.41, 5.74) is 4.32. The minimum atomic E-state index is 0.137. The van der Waals surface area contributed by atoms with E-state index in [1.807, 2.05) is 47.5 Å². The van der Waals surface area contributed by atoms with Crippen molar-refractivity contribution in [2.45, 2.75) is 19.3 Å². The SMILES string of the molecule is O=C(Cc1c[nH]c2ccc(Cl)cc12)N1CCCc2ccccc21. The van der Waals surface area contributed by atoms with Crippen LogP contribution in [0.1, 0.15) is 17.5 Å². The van der Waals surface area contributed by atoms with Crippen molar-refractivity contribution >= 4 is 34.1 Å². The van der Waals surface area contributed by atoms with Crippen molar-refractivity contribution < 1.29 is 4.79 Å². The van der Waals surface area contributed by atoms with Crippen LogP contribution in [-0.2, 0) is 17.6 Å². The lowest BCUT2D eigenvalue weighted by Crippen LogP contribution is -2.36. The summed E-state index contributed by atoms with van der Waals surface area (Å²) in [6.45, 7) is 0.791. The van der Waals surface area contributed by atoms with Crippen molar-refractivity contribution in [1.82, 2.24) is 4.98 Å². The second-order valence-electron chi connectivity index (χ2n) is 5.96. The van der Waals surface area contributed by atoms with Gasteiger partial charge in [-0.25, -0.2) is 0 Å². The Morgan fingerprint density at radius 2 is 2.09 bits per heavy atom. The summed E-state index contributed by atoms with van der Waals surface area (Å²) in [7, 11) is 0. The minimum Gasteiger partial charge on any atom is -0.361 e. The summed E-state index contributed by atoms with van der Waals surface area (Å²) in [6.07, 6.45) is 4.36. The van der Waals surface area contributed by atoms with E-state index in [0.29, 0.717) is 11.4 Å². The number of benzene rings is 2. The van der Waals surface area contributed by atoms with Crippen LogP contribution in [-0.4, -0.2) is 17.4 Å². The summed E-state index contributed by atoms with van der Waals surface area (Å²) in [4.78, 5) is 18.0. The fourth-order valence-electron chi connectivity index (χ4n) is 3.35. The van der Waals surface area contributed by atoms with Crippen LogP contribution in [0.3, 0.4) is 0 Å². The number of para-hydroxylation sites is 1. The maximum absolute atomic E-state index is 12.8. The largest absolute Gasteiger partial charge is 0.361 e. The molecule has 23 heavy (non-hydrogen) atoms. The maximum atomic E-state index is 12.8. The van der Waals surface area contributed by atoms with Gasteiger partial charge in [-0.05, 0) is 48.2 Å². The molecule has 1 aliphatic heterocycles. The molecule has 0 atom stereocenters. The van der Waals surface area contributed by atoms with E-state index in [0.717, 1.165) is 41.5 Å². The second kappa shape index (κ2) is 5.74. The first-order chi connectivity index (χ1) is 11.2. The first-order valence-electron chi connectivity index (χ1n) is 7.86. The third-order valence-corrected chi connectivity index (χ3v) is 4.72. The molecule has 2 aromatic carbocycles. The van der Waals surface area contributed by atoms with E-state index in [-0.39, 0.29) is 5.91 Å². The number of rotatable bonds is 2. The standard InChI is InChI=1S/C19H17ClN2O/c20-15-7-8-17-16(11-15)14(12-21-17)10-19(23)22-9-3-5-13-4-1-2-6-18(13)22/h1-2,4,6-8,11-12,21H,3,5,9-10H2. The van der Waals surface area contributed by atoms with Crippen LogP contribution in [0, 0.1) is 0 Å². The summed E-state index contributed by atoms with van der Waals surface area (Å²) >= 11 is 6.09. The lowest BCUT2D eigenvalue weighted by Gasteiger charge is -2.29. The quantitative estimate of drug-likeness (QED) is 0.747. The highest BCUT2D eigenvalue weighted by atomic mass is 35.5. The number of anilines is 1. The van der Waals surface area contributed by atoms with Gasteiger partial charge in [0.15, 0.2) is 0 Å². The summed E-state index contributed by atoms with van der Waals surface area (Å²) < 4.78 is 0. The molecule has 2 heterocycles. The molecule has 0 saturated carbocycles. The van der Waals surface area contributed by atoms with Gasteiger partial charge < -0.3 is 9.88 Å². The lowest BCUT2D eigenvalue weighted by atomic mass is 10.0. The molecule has 4 rings (SSSR count). The average molecular weight is 325 g/mol. The Labute approximate surface area is 139 Å². The number of carbonyl (C=O) groups excluding carboxylic acids is 1. The number of carbonyl (C=O) groups is 1. The first kappa shape index (κ1) is 14.3. The van der Waals surface area contributed by atoms with Crippen LogP contribution < -0.4 is 4.90 Å². The Kier molecular flexibility index (Phi) is 3.58. The molecule has 0 aliphatic carbocycles. The summed E-state index contributed by atoms with van der Waals surface area (Å²) in [5.74, 6) is 0.137. The van der Waals surface area contributed by atoms with Crippen LogP contribution in [0.4, 0.5) is 5.69 Å². The molecular formula is C19H17ClN2O. The van der Waals surface area contributed by atoms with Crippen LogP contribution in [0.2, 0.25) is 5.02 Å². The normalized spacial score (nSPS) is 14.0. The van der Waals surface area contributed by atoms with Gasteiger partial charge in [0, 0.05) is 34.4 Å². The van der Waals surface area contributed by atoms with Crippen LogP contribution in [0.25, 0.3) is 10.9 Å². The summed E-state index contributed by atoms with van der Waals surface area (Å²) in [5, 5.41) is 1.71. The maximum Gasteiger partial charge on any atom is 0.231 e. The number of nitrogens with one attached hydrogen (secondary N) is 1. The number of aromatic nitrogens is 1. The van der Waals surface area contributed by atoms with Gasteiger partial charge in [-0.3, -0.25) is 4.79 Å². The van der Waals surface area contributed by atoms with E-state index in [2.05, 4.69) is 11.1 Å². The molecule has 4 heteroatoms. The number of hydrogen-bond acceptors (Lipinski definition) is 1. The van der Waals surface area contributed by atoms with Gasteiger partial charge in [0.05, 0.1) is 6.42 Å². The molecule has 0 unspecified atom stereocenters. The van der Waals surface area contributed by atoms with Crippen molar-refractivity contribution in [3.05, 3.63) is 64.8 Å². The molecule has 0 fully saturated rings. The molecule has 3 nitrogen and oxygen atoms in total. The molecule has 116 valence electrons. The smallest absolute Gasteiger partial charge is 0.231 e. The second-order valence-corrected chi connectivity index (χ2v) is 6.39. The molecule has 1 aliphatic rings. The van der Waals surface area contributed by atoms with Gasteiger partial charge >= 0.3 is 0 Å². The third kappa shape index (κ3) is 2.62. The predicted molar refractivity (Wildman–Crippen MR) is 94.1 cm³/mol. The van der Waals surface area contributed by atoms with Crippen LogP contribution >= 0.6 is 11.6 Å². The highest BCUT2D eigenvalue weighted by molar-refractivity contribution is 6.31. The van der Waals surface area contributed by atoms with Gasteiger partial charge in [-0.1, -0.05) is 29.8 Å². The van der Waals surface area contributed by atoms with Gasteiger partial charge in [0.1, 0.15) is 0 Å². The van der Waals surface area contributed by atoms with Gasteiger partial charge in [-0.15, -0.1) is 0 Å². The third-order valence-electron chi connectivity index (χ3n) is 4.48. The molecule has 3 aromatic rings. The van der Waals surface area contributed by atoms with E-state index >= 15 is 0 Å². The molecule has 0 spiro atoms. The number of hydrogen-bond donors (Lipinski definition) is 1. The fraction of sp³-hybridized carbons (Fsp3) is 0.211. The topological polar surface area (TPSA) is 36.1 Å². The Hall–Kier alpha value is -2.26. The number of fused-ring (bicyclic) bond motifs is 2. The Morgan fingerprint density at radius 3 is 3.00 bits per heavy atom. The molecule has 1 N–H and O–H groups in total. The monoisotopic (exact) mass is 324 g/mol. The number of nitrogens with zero attached hydrogens (tertiary/aromatic N) is 1. The average Bonchev–Trinajstić information content (AvgIpc) is 2.96. The minimum absolute atomic E-state index is 0.137. The molecule has 0 saturated heterocycles. The van der Waals surface area contributed by atoms with Crippen molar-refractivity contribution in [3.8, 4) is 0 Å². The van der Waals surface area contributed by atoms with E-state index in [4.69, 9.17) is 11.6 Å². The van der Waals surface area contributed by atoms with Gasteiger partial charge in [-0.2, -0.15) is 0 Å². The van der Waals surface area contributed by atoms with E-state index in [9.17, 15) is 4.79 Å². The zero-order valence-corrected chi connectivity index (χ0v) is 13.4. The zero-order valence-electron chi connectivity index (χ0n) is 12.7. The number of halogens is 1. The number of aryl methyl sites for hydroxylation is 1. The predicted octanol–water partition coefficient (Wildman–Crippen LogP) is 4.34. The van der Waals surface area contributed by atoms with Crippen molar-refractivity contribution in [2.75, 3.05) is 11.4 Å². The Bertz CT molecular complexity index is 884. The highest BCUT2D eigenvalue weighted by Crippen LogP contribution is 2.28. The molecule has 0 bridgehead atoms. The van der Waals surface area contributed by atoms with E-state index < -0.39 is 0 Å². The van der Waals surface area contributed by atoms with Gasteiger partial charge in [0.25, 0.3) is 0 Å². The van der Waals surface area contributed by atoms with Crippen molar-refractivity contribution in [3.63, 3.8) is 0 Å². The van der Waals surface area contributed by atoms with Crippen molar-refractivity contribution in [1.29, 1.82) is 0 Å². The fourth-order valence-corrected chi connectivity index (χ4v) is 3.52. The summed E-state index contributed by atoms with van der Waals surface area (Å²) in [6, 6.07) is 13.9. The van der Waals surface area contributed by atoms with Gasteiger partial charge in [0.2, 0.25) is 5.91 Å². The molecular weight excluding hydrogens is 308 g/mol. The van der Waals surface area contributed by atoms with E-state index in [1.165, 1.54) is 5.56 Å². The molecule has 0 radical (unpaired) electrons. The van der Waals surface area contributed by atoms with Crippen LogP contribution in [0.15, 0.2) is 48.7 Å². The Balaban J connectivity index is 1.64. The number of aromatic amines is 1. The van der Waals surface area contributed by atoms with Crippen LogP contribution in [0.5, 0.6) is 0 Å². The lowest BCUT2D eigenvalue weighted by molar-refractivity contribution is -0.118. The van der Waals surface area contributed by atoms with Crippen molar-refractivity contribution in [2.24, 2.45) is 0 Å². The number of H-pyrrole nitrogens is 1. The number of amides is 1. The highest BCUT2D eigenvalue weighted by Gasteiger charge is 2.22. The first-order valence-corrected chi connectivity index (χ1v) is 8.24. The van der Waals surface area contributed by atoms with E-state index in [1.54, 1.807) is 0 Å². The Morgan fingerprint density at radius 1 is 1.22 bits per heavy atom. The molecule has 1 amide bonds. The zero-order chi connectivity index (χ0) is 15.8.